The monoisotopic (exact) mass is 160 g/mol. The molecule has 1 heteroatoms. The third-order valence-electron chi connectivity index (χ3n) is 3.38. The van der Waals surface area contributed by atoms with Crippen molar-refractivity contribution in [2.75, 3.05) is 0 Å². The highest BCUT2D eigenvalue weighted by atomic mass is 16.3. The summed E-state index contributed by atoms with van der Waals surface area (Å²) < 4.78 is 0. The highest BCUT2D eigenvalue weighted by Gasteiger charge is 2.42. The van der Waals surface area contributed by atoms with Gasteiger partial charge in [-0.05, 0) is 35.8 Å². The van der Waals surface area contributed by atoms with E-state index in [1.54, 1.807) is 0 Å². The first-order valence-electron chi connectivity index (χ1n) is 4.63. The van der Waals surface area contributed by atoms with Crippen molar-refractivity contribution in [3.63, 3.8) is 0 Å². The Kier molecular flexibility index (Phi) is 1.17. The third-order valence-corrected chi connectivity index (χ3v) is 3.38. The molecule has 62 valence electrons. The van der Waals surface area contributed by atoms with Crippen molar-refractivity contribution in [2.24, 2.45) is 5.92 Å². The Bertz CT molecular complexity index is 298. The third kappa shape index (κ3) is 0.674. The van der Waals surface area contributed by atoms with Crippen LogP contribution in [0.1, 0.15) is 36.0 Å². The molecule has 1 aromatic rings. The molecule has 2 bridgehead atoms. The second-order valence-electron chi connectivity index (χ2n) is 4.00. The molecule has 0 radical (unpaired) electrons. The minimum absolute atomic E-state index is 0.175. The van der Waals surface area contributed by atoms with Gasteiger partial charge in [-0.3, -0.25) is 0 Å². The summed E-state index contributed by atoms with van der Waals surface area (Å²) in [6.45, 7) is 0. The summed E-state index contributed by atoms with van der Waals surface area (Å²) >= 11 is 0. The maximum Gasteiger partial charge on any atom is 0.0821 e. The van der Waals surface area contributed by atoms with Crippen molar-refractivity contribution in [1.82, 2.24) is 0 Å². The zero-order valence-electron chi connectivity index (χ0n) is 6.90. The first-order chi connectivity index (χ1) is 5.86. The van der Waals surface area contributed by atoms with Crippen LogP contribution in [-0.4, -0.2) is 5.11 Å². The van der Waals surface area contributed by atoms with Gasteiger partial charge < -0.3 is 5.11 Å². The minimum Gasteiger partial charge on any atom is -0.388 e. The van der Waals surface area contributed by atoms with Gasteiger partial charge in [0, 0.05) is 0 Å². The molecule has 0 aliphatic heterocycles. The summed E-state index contributed by atoms with van der Waals surface area (Å²) in [6.07, 6.45) is 2.24. The lowest BCUT2D eigenvalue weighted by Gasteiger charge is -2.45. The fourth-order valence-corrected chi connectivity index (χ4v) is 2.58. The molecule has 1 N–H and O–H groups in total. The van der Waals surface area contributed by atoms with E-state index in [4.69, 9.17) is 0 Å². The molecule has 12 heavy (non-hydrogen) atoms. The van der Waals surface area contributed by atoms with Gasteiger partial charge in [0.1, 0.15) is 0 Å². The summed E-state index contributed by atoms with van der Waals surface area (Å²) in [4.78, 5) is 0. The molecule has 0 aromatic heterocycles. The molecule has 0 amide bonds. The summed E-state index contributed by atoms with van der Waals surface area (Å²) in [5, 5.41) is 9.87. The van der Waals surface area contributed by atoms with Crippen molar-refractivity contribution in [2.45, 2.75) is 24.9 Å². The van der Waals surface area contributed by atoms with Crippen molar-refractivity contribution in [1.29, 1.82) is 0 Å². The van der Waals surface area contributed by atoms with E-state index in [0.717, 1.165) is 5.92 Å². The van der Waals surface area contributed by atoms with Crippen LogP contribution in [0, 0.1) is 5.92 Å². The normalized spacial score (nSPS) is 36.9. The fourth-order valence-electron chi connectivity index (χ4n) is 2.58. The van der Waals surface area contributed by atoms with Crippen LogP contribution in [-0.2, 0) is 0 Å². The van der Waals surface area contributed by atoms with E-state index >= 15 is 0 Å². The van der Waals surface area contributed by atoms with E-state index in [2.05, 4.69) is 18.2 Å². The van der Waals surface area contributed by atoms with Crippen LogP contribution in [0.3, 0.4) is 0 Å². The summed E-state index contributed by atoms with van der Waals surface area (Å²) in [7, 11) is 0. The molecule has 0 spiro atoms. The van der Waals surface area contributed by atoms with Crippen LogP contribution in [0.25, 0.3) is 0 Å². The fraction of sp³-hybridized carbons (Fsp3) is 0.455. The summed E-state index contributed by atoms with van der Waals surface area (Å²) in [6, 6.07) is 8.33. The SMILES string of the molecule is OC1c2ccccc2C2CC1C2. The van der Waals surface area contributed by atoms with Gasteiger partial charge in [-0.15, -0.1) is 0 Å². The molecule has 0 heterocycles. The lowest BCUT2D eigenvalue weighted by molar-refractivity contribution is 0.0295. The first-order valence-corrected chi connectivity index (χ1v) is 4.63. The minimum atomic E-state index is -0.175. The van der Waals surface area contributed by atoms with Crippen LogP contribution in [0.2, 0.25) is 0 Å². The van der Waals surface area contributed by atoms with Gasteiger partial charge in [0.15, 0.2) is 0 Å². The Morgan fingerprint density at radius 2 is 1.75 bits per heavy atom. The highest BCUT2D eigenvalue weighted by molar-refractivity contribution is 5.38. The molecule has 1 fully saturated rings. The molecular formula is C11H12O. The Morgan fingerprint density at radius 1 is 1.08 bits per heavy atom. The Hall–Kier alpha value is -0.820. The number of hydrogen-bond acceptors (Lipinski definition) is 1. The number of hydrogen-bond donors (Lipinski definition) is 1. The van der Waals surface area contributed by atoms with Crippen LogP contribution < -0.4 is 0 Å². The zero-order valence-corrected chi connectivity index (χ0v) is 6.90. The van der Waals surface area contributed by atoms with Gasteiger partial charge in [-0.2, -0.15) is 0 Å². The molecule has 1 nitrogen and oxygen atoms in total. The second kappa shape index (κ2) is 2.11. The van der Waals surface area contributed by atoms with Crippen molar-refractivity contribution in [3.05, 3.63) is 35.4 Å². The maximum absolute atomic E-state index is 9.87. The first kappa shape index (κ1) is 6.67. The predicted molar refractivity (Wildman–Crippen MR) is 46.9 cm³/mol. The molecule has 3 aliphatic carbocycles. The lowest BCUT2D eigenvalue weighted by Crippen LogP contribution is -2.34. The van der Waals surface area contributed by atoms with Crippen LogP contribution in [0.4, 0.5) is 0 Å². The van der Waals surface area contributed by atoms with Crippen LogP contribution in [0.5, 0.6) is 0 Å². The van der Waals surface area contributed by atoms with Crippen molar-refractivity contribution < 1.29 is 5.11 Å². The molecule has 1 unspecified atom stereocenters. The van der Waals surface area contributed by atoms with Gasteiger partial charge >= 0.3 is 0 Å². The van der Waals surface area contributed by atoms with Gasteiger partial charge in [0.25, 0.3) is 0 Å². The Balaban J connectivity index is 2.18. The molecule has 3 aliphatic rings. The van der Waals surface area contributed by atoms with Crippen molar-refractivity contribution >= 4 is 0 Å². The van der Waals surface area contributed by atoms with Gasteiger partial charge in [0.2, 0.25) is 0 Å². The smallest absolute Gasteiger partial charge is 0.0821 e. The van der Waals surface area contributed by atoms with E-state index in [1.165, 1.54) is 24.0 Å². The van der Waals surface area contributed by atoms with Gasteiger partial charge in [-0.1, -0.05) is 24.3 Å². The number of aliphatic hydroxyl groups is 1. The van der Waals surface area contributed by atoms with Gasteiger partial charge in [0.05, 0.1) is 6.10 Å². The summed E-state index contributed by atoms with van der Waals surface area (Å²) in [5.41, 5.74) is 2.58. The van der Waals surface area contributed by atoms with Crippen LogP contribution >= 0.6 is 0 Å². The van der Waals surface area contributed by atoms with E-state index < -0.39 is 0 Å². The van der Waals surface area contributed by atoms with Crippen LogP contribution in [0.15, 0.2) is 24.3 Å². The average Bonchev–Trinajstić information content (AvgIpc) is 2.02. The van der Waals surface area contributed by atoms with E-state index in [-0.39, 0.29) is 6.10 Å². The van der Waals surface area contributed by atoms with E-state index in [1.807, 2.05) is 6.07 Å². The topological polar surface area (TPSA) is 20.2 Å². The standard InChI is InChI=1S/C11H12O/c12-11-8-5-7(6-8)9-3-1-2-4-10(9)11/h1-4,7-8,11-12H,5-6H2. The van der Waals surface area contributed by atoms with Gasteiger partial charge in [-0.25, -0.2) is 0 Å². The van der Waals surface area contributed by atoms with E-state index in [0.29, 0.717) is 5.92 Å². The number of benzene rings is 1. The van der Waals surface area contributed by atoms with Crippen molar-refractivity contribution in [3.8, 4) is 0 Å². The Morgan fingerprint density at radius 3 is 2.42 bits per heavy atom. The average molecular weight is 160 g/mol. The molecule has 0 saturated heterocycles. The quantitative estimate of drug-likeness (QED) is 0.617. The maximum atomic E-state index is 9.87. The molecule has 4 rings (SSSR count). The molecule has 1 atom stereocenters. The molecule has 1 aromatic carbocycles. The second-order valence-corrected chi connectivity index (χ2v) is 4.00. The van der Waals surface area contributed by atoms with E-state index in [9.17, 15) is 5.11 Å². The zero-order chi connectivity index (χ0) is 8.13. The number of aliphatic hydroxyl groups excluding tert-OH is 1. The molecule has 1 saturated carbocycles. The molecular weight excluding hydrogens is 148 g/mol. The number of rotatable bonds is 0. The largest absolute Gasteiger partial charge is 0.388 e. The Labute approximate surface area is 72.0 Å². The summed E-state index contributed by atoms with van der Waals surface area (Å²) in [5.74, 6) is 1.32. The highest BCUT2D eigenvalue weighted by Crippen LogP contribution is 2.54. The lowest BCUT2D eigenvalue weighted by atomic mass is 9.61. The predicted octanol–water partition coefficient (Wildman–Crippen LogP) is 2.23.